The predicted molar refractivity (Wildman–Crippen MR) is 107 cm³/mol. The molecule has 0 fully saturated rings. The van der Waals surface area contributed by atoms with Gasteiger partial charge in [-0.3, -0.25) is 5.32 Å². The first-order chi connectivity index (χ1) is 12.8. The van der Waals surface area contributed by atoms with Crippen molar-refractivity contribution in [3.8, 4) is 22.4 Å². The minimum Gasteiger partial charge on any atom is -0.326 e. The van der Waals surface area contributed by atoms with Crippen LogP contribution in [-0.4, -0.2) is 12.0 Å². The minimum absolute atomic E-state index is 0.540. The second-order valence-electron chi connectivity index (χ2n) is 6.19. The van der Waals surface area contributed by atoms with E-state index in [0.29, 0.717) is 6.54 Å². The summed E-state index contributed by atoms with van der Waals surface area (Å²) in [6.45, 7) is 0.540. The summed E-state index contributed by atoms with van der Waals surface area (Å²) in [6, 6.07) is 22.9. The third-order valence-electron chi connectivity index (χ3n) is 4.59. The molecule has 4 heteroatoms. The number of hydrogen-bond acceptors (Lipinski definition) is 3. The molecule has 128 valence electrons. The van der Waals surface area contributed by atoms with Crippen molar-refractivity contribution < 1.29 is 4.98 Å². The lowest BCUT2D eigenvalue weighted by Crippen LogP contribution is -2.10. The Bertz CT molecular complexity index is 1040. The van der Waals surface area contributed by atoms with Crippen molar-refractivity contribution in [1.29, 1.82) is 0 Å². The molecular weight excluding hydrogens is 320 g/mol. The lowest BCUT2D eigenvalue weighted by molar-refractivity contribution is -0.359. The molecule has 0 amide bonds. The predicted octanol–water partition coefficient (Wildman–Crippen LogP) is 3.88. The number of anilines is 1. The fraction of sp³-hybridized carbons (Fsp3) is 0.0909. The summed E-state index contributed by atoms with van der Waals surface area (Å²) in [6.07, 6.45) is 1.91. The van der Waals surface area contributed by atoms with Gasteiger partial charge in [-0.05, 0) is 17.2 Å². The highest BCUT2D eigenvalue weighted by atomic mass is 15.0. The van der Waals surface area contributed by atoms with E-state index in [-0.39, 0.29) is 0 Å². The average Bonchev–Trinajstić information content (AvgIpc) is 2.73. The maximum absolute atomic E-state index is 5.74. The molecule has 0 aliphatic rings. The Morgan fingerprint density at radius 1 is 0.962 bits per heavy atom. The lowest BCUT2D eigenvalue weighted by atomic mass is 9.97. The van der Waals surface area contributed by atoms with E-state index in [1.807, 2.05) is 25.4 Å². The molecule has 4 nitrogen and oxygen atoms in total. The van der Waals surface area contributed by atoms with Gasteiger partial charge in [-0.1, -0.05) is 54.6 Å². The molecule has 0 atom stereocenters. The molecule has 2 aromatic heterocycles. The molecule has 4 rings (SSSR count). The van der Waals surface area contributed by atoms with Gasteiger partial charge < -0.3 is 5.73 Å². The fourth-order valence-corrected chi connectivity index (χ4v) is 3.20. The first-order valence-electron chi connectivity index (χ1n) is 8.68. The van der Waals surface area contributed by atoms with Gasteiger partial charge in [-0.15, -0.1) is 0 Å². The number of rotatable bonds is 4. The van der Waals surface area contributed by atoms with Crippen LogP contribution in [0.2, 0.25) is 0 Å². The number of benzene rings is 2. The highest BCUT2D eigenvalue weighted by Gasteiger charge is 2.15. The standard InChI is InChI=1S/C22H20N4/c1-24-22-19-13-18(16-5-3-2-4-6-16)21(26-20(19)11-12-25-22)17-9-7-15(14-23)8-10-17/h2-13H,14,23H2,1H3,(H,24,25)/p+1. The summed E-state index contributed by atoms with van der Waals surface area (Å²) >= 11 is 0. The Balaban J connectivity index is 2.00. The molecule has 4 aromatic rings. The normalized spacial score (nSPS) is 10.8. The lowest BCUT2D eigenvalue weighted by Gasteiger charge is -2.12. The Hall–Kier alpha value is -3.24. The summed E-state index contributed by atoms with van der Waals surface area (Å²) in [5, 5.41) is 4.28. The van der Waals surface area contributed by atoms with Gasteiger partial charge in [-0.2, -0.15) is 0 Å². The molecule has 0 aliphatic heterocycles. The summed E-state index contributed by atoms with van der Waals surface area (Å²) in [7, 11) is 1.91. The second kappa shape index (κ2) is 6.94. The van der Waals surface area contributed by atoms with Crippen LogP contribution >= 0.6 is 0 Å². The second-order valence-corrected chi connectivity index (χ2v) is 6.19. The van der Waals surface area contributed by atoms with Crippen LogP contribution in [0.5, 0.6) is 0 Å². The van der Waals surface area contributed by atoms with Gasteiger partial charge in [0.15, 0.2) is 0 Å². The Morgan fingerprint density at radius 3 is 2.42 bits per heavy atom. The fourth-order valence-electron chi connectivity index (χ4n) is 3.20. The zero-order chi connectivity index (χ0) is 17.9. The summed E-state index contributed by atoms with van der Waals surface area (Å²) < 4.78 is 0. The van der Waals surface area contributed by atoms with Crippen molar-refractivity contribution in [1.82, 2.24) is 4.98 Å². The van der Waals surface area contributed by atoms with Crippen LogP contribution in [0, 0.1) is 0 Å². The van der Waals surface area contributed by atoms with Gasteiger partial charge in [0, 0.05) is 23.7 Å². The number of H-pyrrole nitrogens is 1. The van der Waals surface area contributed by atoms with Gasteiger partial charge in [0.2, 0.25) is 0 Å². The molecule has 0 bridgehead atoms. The topological polar surface area (TPSA) is 65.1 Å². The Labute approximate surface area is 152 Å². The van der Waals surface area contributed by atoms with Gasteiger partial charge in [0.05, 0.1) is 29.8 Å². The SMILES string of the molecule is CNc1[nH+]ccc2nc(-c3ccc(CN)cc3)c(-c3ccccc3)cc12. The van der Waals surface area contributed by atoms with Crippen molar-refractivity contribution in [2.24, 2.45) is 5.73 Å². The van der Waals surface area contributed by atoms with Crippen LogP contribution < -0.4 is 16.0 Å². The number of aromatic amines is 1. The monoisotopic (exact) mass is 341 g/mol. The van der Waals surface area contributed by atoms with Crippen molar-refractivity contribution in [3.05, 3.63) is 78.5 Å². The van der Waals surface area contributed by atoms with Crippen molar-refractivity contribution in [2.45, 2.75) is 6.54 Å². The first-order valence-corrected chi connectivity index (χ1v) is 8.68. The van der Waals surface area contributed by atoms with Crippen LogP contribution in [0.4, 0.5) is 5.82 Å². The maximum atomic E-state index is 5.74. The third-order valence-corrected chi connectivity index (χ3v) is 4.59. The number of nitrogens with one attached hydrogen (secondary N) is 2. The molecule has 0 aliphatic carbocycles. The largest absolute Gasteiger partial charge is 0.326 e. The molecule has 0 saturated carbocycles. The molecular formula is C22H21N4+. The molecule has 2 heterocycles. The van der Waals surface area contributed by atoms with Crippen LogP contribution in [0.15, 0.2) is 72.9 Å². The van der Waals surface area contributed by atoms with Crippen LogP contribution in [0.3, 0.4) is 0 Å². The Kier molecular flexibility index (Phi) is 4.33. The number of fused-ring (bicyclic) bond motifs is 1. The first kappa shape index (κ1) is 16.2. The zero-order valence-electron chi connectivity index (χ0n) is 14.7. The number of nitrogens with zero attached hydrogens (tertiary/aromatic N) is 1. The smallest absolute Gasteiger partial charge is 0.281 e. The summed E-state index contributed by atoms with van der Waals surface area (Å²) in [5.74, 6) is 0.956. The summed E-state index contributed by atoms with van der Waals surface area (Å²) in [4.78, 5) is 8.24. The highest BCUT2D eigenvalue weighted by Crippen LogP contribution is 2.34. The van der Waals surface area contributed by atoms with E-state index >= 15 is 0 Å². The summed E-state index contributed by atoms with van der Waals surface area (Å²) in [5.41, 5.74) is 12.1. The minimum atomic E-state index is 0.540. The van der Waals surface area contributed by atoms with E-state index in [0.717, 1.165) is 44.7 Å². The number of hydrogen-bond donors (Lipinski definition) is 2. The number of aromatic nitrogens is 2. The molecule has 0 unspecified atom stereocenters. The van der Waals surface area contributed by atoms with Crippen molar-refractivity contribution >= 4 is 16.7 Å². The van der Waals surface area contributed by atoms with Crippen LogP contribution in [0.1, 0.15) is 5.56 Å². The maximum Gasteiger partial charge on any atom is 0.281 e. The van der Waals surface area contributed by atoms with Gasteiger partial charge >= 0.3 is 0 Å². The molecule has 0 radical (unpaired) electrons. The van der Waals surface area contributed by atoms with E-state index in [4.69, 9.17) is 10.7 Å². The molecule has 4 N–H and O–H groups in total. The zero-order valence-corrected chi connectivity index (χ0v) is 14.7. The van der Waals surface area contributed by atoms with E-state index in [1.165, 1.54) is 0 Å². The average molecular weight is 341 g/mol. The van der Waals surface area contributed by atoms with Crippen molar-refractivity contribution in [3.63, 3.8) is 0 Å². The quantitative estimate of drug-likeness (QED) is 0.592. The van der Waals surface area contributed by atoms with Gasteiger partial charge in [0.1, 0.15) is 0 Å². The number of pyridine rings is 2. The molecule has 26 heavy (non-hydrogen) atoms. The van der Waals surface area contributed by atoms with Crippen molar-refractivity contribution in [2.75, 3.05) is 12.4 Å². The van der Waals surface area contributed by atoms with E-state index in [9.17, 15) is 0 Å². The molecule has 0 saturated heterocycles. The molecule has 0 spiro atoms. The molecule has 2 aromatic carbocycles. The van der Waals surface area contributed by atoms with Gasteiger partial charge in [0.25, 0.3) is 5.82 Å². The van der Waals surface area contributed by atoms with E-state index < -0.39 is 0 Å². The Morgan fingerprint density at radius 2 is 1.73 bits per heavy atom. The van der Waals surface area contributed by atoms with Crippen LogP contribution in [-0.2, 0) is 6.54 Å². The third kappa shape index (κ3) is 2.91. The van der Waals surface area contributed by atoms with E-state index in [1.54, 1.807) is 0 Å². The van der Waals surface area contributed by atoms with Crippen LogP contribution in [0.25, 0.3) is 33.3 Å². The van der Waals surface area contributed by atoms with Gasteiger partial charge in [-0.25, -0.2) is 9.97 Å². The van der Waals surface area contributed by atoms with E-state index in [2.05, 4.69) is 64.9 Å². The number of nitrogens with two attached hydrogens (primary N) is 1. The highest BCUT2D eigenvalue weighted by molar-refractivity contribution is 5.95.